The lowest BCUT2D eigenvalue weighted by Crippen LogP contribution is -2.41. The van der Waals surface area contributed by atoms with E-state index < -0.39 is 11.8 Å². The molecule has 2 N–H and O–H groups in total. The van der Waals surface area contributed by atoms with E-state index in [0.29, 0.717) is 30.9 Å². The zero-order valence-electron chi connectivity index (χ0n) is 20.8. The van der Waals surface area contributed by atoms with Gasteiger partial charge in [0.1, 0.15) is 5.67 Å². The van der Waals surface area contributed by atoms with Gasteiger partial charge in [-0.2, -0.15) is 0 Å². The summed E-state index contributed by atoms with van der Waals surface area (Å²) in [6.07, 6.45) is 4.14. The topological polar surface area (TPSA) is 87.6 Å². The number of benzene rings is 1. The van der Waals surface area contributed by atoms with Crippen molar-refractivity contribution in [3.8, 4) is 11.1 Å². The van der Waals surface area contributed by atoms with Crippen LogP contribution in [-0.4, -0.2) is 46.8 Å². The fourth-order valence-corrected chi connectivity index (χ4v) is 5.01. The van der Waals surface area contributed by atoms with E-state index >= 15 is 0 Å². The summed E-state index contributed by atoms with van der Waals surface area (Å²) in [5.41, 5.74) is 4.04. The van der Waals surface area contributed by atoms with Crippen LogP contribution < -0.4 is 10.2 Å². The molecule has 3 aromatic rings. The highest BCUT2D eigenvalue weighted by Crippen LogP contribution is 2.41. The number of hydrogen-bond donors (Lipinski definition) is 2. The normalized spacial score (nSPS) is 19.8. The third-order valence-electron chi connectivity index (χ3n) is 6.99. The fraction of sp³-hybridized carbons (Fsp3) is 0.393. The number of rotatable bonds is 4. The zero-order valence-corrected chi connectivity index (χ0v) is 20.8. The summed E-state index contributed by atoms with van der Waals surface area (Å²) in [6.45, 7) is 6.89. The molecule has 4 heterocycles. The van der Waals surface area contributed by atoms with Gasteiger partial charge in [0.25, 0.3) is 5.91 Å². The quantitative estimate of drug-likeness (QED) is 0.539. The molecule has 36 heavy (non-hydrogen) atoms. The van der Waals surface area contributed by atoms with Gasteiger partial charge >= 0.3 is 0 Å². The number of nitrogens with one attached hydrogen (secondary N) is 1. The summed E-state index contributed by atoms with van der Waals surface area (Å²) < 4.78 is 20.0. The van der Waals surface area contributed by atoms with E-state index in [-0.39, 0.29) is 17.6 Å². The average molecular weight is 491 g/mol. The number of ether oxygens (including phenoxy) is 1. The Bertz CT molecular complexity index is 1290. The van der Waals surface area contributed by atoms with Crippen LogP contribution in [0.4, 0.5) is 15.8 Å². The first-order valence-electron chi connectivity index (χ1n) is 12.3. The van der Waals surface area contributed by atoms with Crippen LogP contribution in [0.1, 0.15) is 60.1 Å². The summed E-state index contributed by atoms with van der Waals surface area (Å²) in [6, 6.07) is 11.2. The highest BCUT2D eigenvalue weighted by molar-refractivity contribution is 6.04. The Hall–Kier alpha value is -3.36. The van der Waals surface area contributed by atoms with Crippen molar-refractivity contribution in [1.82, 2.24) is 9.97 Å². The van der Waals surface area contributed by atoms with Crippen LogP contribution in [0.15, 0.2) is 48.8 Å². The Morgan fingerprint density at radius 3 is 2.83 bits per heavy atom. The number of carbonyl (C=O) groups is 1. The number of nitrogens with zero attached hydrogens (tertiary/aromatic N) is 3. The number of halogens is 1. The number of pyridine rings is 2. The summed E-state index contributed by atoms with van der Waals surface area (Å²) in [5.74, 6) is -0.361. The molecule has 188 valence electrons. The van der Waals surface area contributed by atoms with E-state index in [1.165, 1.54) is 26.1 Å². The number of hydrogen-bond acceptors (Lipinski definition) is 6. The summed E-state index contributed by atoms with van der Waals surface area (Å²) >= 11 is 0. The molecule has 1 amide bonds. The molecule has 0 unspecified atom stereocenters. The van der Waals surface area contributed by atoms with Gasteiger partial charge in [-0.25, -0.2) is 4.39 Å². The van der Waals surface area contributed by atoms with Crippen molar-refractivity contribution in [3.05, 3.63) is 71.3 Å². The van der Waals surface area contributed by atoms with Crippen molar-refractivity contribution in [2.75, 3.05) is 30.0 Å². The number of aliphatic hydroxyl groups is 1. The van der Waals surface area contributed by atoms with Crippen LogP contribution in [0, 0.1) is 6.92 Å². The average Bonchev–Trinajstić information content (AvgIpc) is 3.10. The van der Waals surface area contributed by atoms with E-state index in [0.717, 1.165) is 41.0 Å². The second kappa shape index (κ2) is 9.59. The van der Waals surface area contributed by atoms with Gasteiger partial charge in [-0.15, -0.1) is 0 Å². The molecule has 0 saturated carbocycles. The summed E-state index contributed by atoms with van der Waals surface area (Å²) in [7, 11) is 0. The highest BCUT2D eigenvalue weighted by Gasteiger charge is 2.33. The first-order valence-corrected chi connectivity index (χ1v) is 12.3. The van der Waals surface area contributed by atoms with Crippen molar-refractivity contribution in [2.45, 2.75) is 51.4 Å². The first kappa shape index (κ1) is 24.3. The lowest BCUT2D eigenvalue weighted by atomic mass is 9.89. The zero-order chi connectivity index (χ0) is 25.4. The van der Waals surface area contributed by atoms with Crippen LogP contribution in [0.25, 0.3) is 11.1 Å². The third-order valence-corrected chi connectivity index (χ3v) is 6.99. The van der Waals surface area contributed by atoms with Gasteiger partial charge in [0.05, 0.1) is 30.3 Å². The molecule has 0 radical (unpaired) electrons. The minimum atomic E-state index is -1.65. The summed E-state index contributed by atoms with van der Waals surface area (Å²) in [4.78, 5) is 23.8. The SMILES string of the molecule is Cc1ncc(NC(=O)c2ccnc(C(C)(C)F)c2)cc1-c1ccc2c(c1)N1CCOCC[C@H]1C[C@H]2O. The maximum atomic E-state index is 14.3. The molecule has 2 atom stereocenters. The number of alkyl halides is 1. The number of fused-ring (bicyclic) bond motifs is 3. The van der Waals surface area contributed by atoms with Crippen molar-refractivity contribution >= 4 is 17.3 Å². The molecule has 0 aliphatic carbocycles. The standard InChI is InChI=1S/C28H31FN4O3/c1-17-23(14-20(16-31-17)32-27(35)19-6-8-30-26(13-19)28(2,3)29)18-4-5-22-24(12-18)33-9-11-36-10-7-21(33)15-25(22)34/h4-6,8,12-14,16,21,25,34H,7,9-11,15H2,1-3H3,(H,32,35)/t21-,25+/m0/s1. The molecule has 2 aromatic heterocycles. The van der Waals surface area contributed by atoms with Gasteiger partial charge in [0.15, 0.2) is 0 Å². The highest BCUT2D eigenvalue weighted by atomic mass is 19.1. The number of anilines is 2. The number of aliphatic hydroxyl groups excluding tert-OH is 1. The Morgan fingerprint density at radius 2 is 2.03 bits per heavy atom. The van der Waals surface area contributed by atoms with Crippen LogP contribution in [0.5, 0.6) is 0 Å². The van der Waals surface area contributed by atoms with Crippen LogP contribution in [0.2, 0.25) is 0 Å². The second-order valence-corrected chi connectivity index (χ2v) is 9.99. The Kier molecular flexibility index (Phi) is 6.49. The van der Waals surface area contributed by atoms with Gasteiger partial charge in [-0.3, -0.25) is 14.8 Å². The third kappa shape index (κ3) is 4.83. The lowest BCUT2D eigenvalue weighted by Gasteiger charge is -2.39. The van der Waals surface area contributed by atoms with Gasteiger partial charge in [0, 0.05) is 53.5 Å². The van der Waals surface area contributed by atoms with E-state index in [2.05, 4.69) is 26.3 Å². The van der Waals surface area contributed by atoms with E-state index in [4.69, 9.17) is 4.74 Å². The molecule has 2 aliphatic rings. The molecular formula is C28H31FN4O3. The second-order valence-electron chi connectivity index (χ2n) is 9.99. The number of aryl methyl sites for hydroxylation is 1. The maximum Gasteiger partial charge on any atom is 0.255 e. The fourth-order valence-electron chi connectivity index (χ4n) is 5.01. The number of carbonyl (C=O) groups excluding carboxylic acids is 1. The molecule has 1 saturated heterocycles. The van der Waals surface area contributed by atoms with Crippen molar-refractivity contribution in [2.24, 2.45) is 0 Å². The van der Waals surface area contributed by atoms with Crippen LogP contribution in [0.3, 0.4) is 0 Å². The van der Waals surface area contributed by atoms with Crippen LogP contribution >= 0.6 is 0 Å². The molecule has 2 aliphatic heterocycles. The minimum absolute atomic E-state index is 0.200. The Labute approximate surface area is 210 Å². The molecule has 7 nitrogen and oxygen atoms in total. The molecule has 0 bridgehead atoms. The summed E-state index contributed by atoms with van der Waals surface area (Å²) in [5, 5.41) is 13.7. The predicted octanol–water partition coefficient (Wildman–Crippen LogP) is 4.94. The van der Waals surface area contributed by atoms with Gasteiger partial charge in [0.2, 0.25) is 0 Å². The number of amides is 1. The lowest BCUT2D eigenvalue weighted by molar-refractivity contribution is 0.102. The van der Waals surface area contributed by atoms with Gasteiger partial charge in [-0.05, 0) is 63.4 Å². The minimum Gasteiger partial charge on any atom is -0.388 e. The largest absolute Gasteiger partial charge is 0.388 e. The monoisotopic (exact) mass is 490 g/mol. The van der Waals surface area contributed by atoms with E-state index in [9.17, 15) is 14.3 Å². The van der Waals surface area contributed by atoms with Crippen LogP contribution in [-0.2, 0) is 10.4 Å². The van der Waals surface area contributed by atoms with Gasteiger partial charge < -0.3 is 20.1 Å². The van der Waals surface area contributed by atoms with Crippen molar-refractivity contribution < 1.29 is 19.0 Å². The molecule has 1 fully saturated rings. The van der Waals surface area contributed by atoms with E-state index in [1.807, 2.05) is 25.1 Å². The smallest absolute Gasteiger partial charge is 0.255 e. The molecule has 5 rings (SSSR count). The maximum absolute atomic E-state index is 14.3. The molecule has 0 spiro atoms. The number of aromatic nitrogens is 2. The van der Waals surface area contributed by atoms with E-state index in [1.54, 1.807) is 12.3 Å². The first-order chi connectivity index (χ1) is 17.2. The Balaban J connectivity index is 1.44. The Morgan fingerprint density at radius 1 is 1.19 bits per heavy atom. The predicted molar refractivity (Wildman–Crippen MR) is 137 cm³/mol. The molecular weight excluding hydrogens is 459 g/mol. The molecule has 8 heteroatoms. The van der Waals surface area contributed by atoms with Crippen molar-refractivity contribution in [1.29, 1.82) is 0 Å². The molecule has 1 aromatic carbocycles. The van der Waals surface area contributed by atoms with Gasteiger partial charge in [-0.1, -0.05) is 12.1 Å². The van der Waals surface area contributed by atoms with Crippen molar-refractivity contribution in [3.63, 3.8) is 0 Å².